The molecule has 0 spiro atoms. The Bertz CT molecular complexity index is 500. The van der Waals surface area contributed by atoms with Gasteiger partial charge in [-0.15, -0.1) is 0 Å². The summed E-state index contributed by atoms with van der Waals surface area (Å²) in [6.45, 7) is 0.653. The van der Waals surface area contributed by atoms with E-state index in [1.807, 2.05) is 36.4 Å². The first-order valence-electron chi connectivity index (χ1n) is 5.38. The van der Waals surface area contributed by atoms with Gasteiger partial charge in [-0.05, 0) is 18.2 Å². The Morgan fingerprint density at radius 1 is 1.18 bits per heavy atom. The third kappa shape index (κ3) is 2.87. The van der Waals surface area contributed by atoms with E-state index in [0.717, 1.165) is 17.1 Å². The molecule has 0 atom stereocenters. The highest BCUT2D eigenvalue weighted by atomic mass is 16.5. The molecule has 4 nitrogen and oxygen atoms in total. The van der Waals surface area contributed by atoms with Gasteiger partial charge >= 0.3 is 0 Å². The monoisotopic (exact) mass is 229 g/mol. The lowest BCUT2D eigenvalue weighted by Gasteiger charge is -2.09. The largest absolute Gasteiger partial charge is 0.496 e. The average molecular weight is 229 g/mol. The Morgan fingerprint density at radius 2 is 2.00 bits per heavy atom. The molecule has 2 rings (SSSR count). The Hall–Kier alpha value is -2.23. The summed E-state index contributed by atoms with van der Waals surface area (Å²) in [4.78, 5) is 4.17. The van der Waals surface area contributed by atoms with Crippen molar-refractivity contribution in [1.82, 2.24) is 4.98 Å². The predicted octanol–water partition coefficient (Wildman–Crippen LogP) is 2.28. The summed E-state index contributed by atoms with van der Waals surface area (Å²) in [7, 11) is 1.66. The molecule has 2 aromatic rings. The second-order valence-corrected chi connectivity index (χ2v) is 3.61. The van der Waals surface area contributed by atoms with Crippen LogP contribution in [0.4, 0.5) is 11.6 Å². The van der Waals surface area contributed by atoms with Crippen LogP contribution in [-0.2, 0) is 6.54 Å². The third-order valence-electron chi connectivity index (χ3n) is 2.42. The number of nitrogen functional groups attached to an aromatic ring is 1. The fourth-order valence-electron chi connectivity index (χ4n) is 1.58. The van der Waals surface area contributed by atoms with E-state index in [9.17, 15) is 0 Å². The Balaban J connectivity index is 2.07. The zero-order valence-electron chi connectivity index (χ0n) is 9.68. The van der Waals surface area contributed by atoms with Gasteiger partial charge in [-0.3, -0.25) is 0 Å². The van der Waals surface area contributed by atoms with E-state index in [1.54, 1.807) is 13.2 Å². The zero-order valence-corrected chi connectivity index (χ0v) is 9.68. The van der Waals surface area contributed by atoms with E-state index < -0.39 is 0 Å². The van der Waals surface area contributed by atoms with Crippen LogP contribution in [0.2, 0.25) is 0 Å². The number of benzene rings is 1. The van der Waals surface area contributed by atoms with E-state index in [0.29, 0.717) is 12.4 Å². The zero-order chi connectivity index (χ0) is 12.1. The molecule has 0 fully saturated rings. The van der Waals surface area contributed by atoms with Crippen LogP contribution in [0.15, 0.2) is 42.5 Å². The molecular weight excluding hydrogens is 214 g/mol. The molecule has 17 heavy (non-hydrogen) atoms. The molecule has 0 aliphatic rings. The van der Waals surface area contributed by atoms with Crippen molar-refractivity contribution in [2.24, 2.45) is 0 Å². The number of para-hydroxylation sites is 1. The topological polar surface area (TPSA) is 60.2 Å². The van der Waals surface area contributed by atoms with Crippen molar-refractivity contribution in [2.45, 2.75) is 6.54 Å². The molecule has 88 valence electrons. The van der Waals surface area contributed by atoms with Crippen molar-refractivity contribution in [1.29, 1.82) is 0 Å². The summed E-state index contributed by atoms with van der Waals surface area (Å²) in [5.41, 5.74) is 6.69. The number of anilines is 2. The molecule has 0 unspecified atom stereocenters. The van der Waals surface area contributed by atoms with Crippen molar-refractivity contribution in [3.63, 3.8) is 0 Å². The number of aromatic nitrogens is 1. The van der Waals surface area contributed by atoms with E-state index >= 15 is 0 Å². The van der Waals surface area contributed by atoms with Gasteiger partial charge in [0.1, 0.15) is 17.4 Å². The standard InChI is InChI=1S/C13H15N3O/c1-17-11-6-3-2-5-10(11)9-15-13-8-4-7-12(14)16-13/h2-8H,9H2,1H3,(H3,14,15,16). The molecular formula is C13H15N3O. The quantitative estimate of drug-likeness (QED) is 0.844. The second-order valence-electron chi connectivity index (χ2n) is 3.61. The van der Waals surface area contributed by atoms with Crippen molar-refractivity contribution >= 4 is 11.6 Å². The molecule has 3 N–H and O–H groups in total. The second kappa shape index (κ2) is 5.21. The average Bonchev–Trinajstić information content (AvgIpc) is 2.37. The Labute approximate surface area is 100 Å². The van der Waals surface area contributed by atoms with Crippen LogP contribution in [0.3, 0.4) is 0 Å². The lowest BCUT2D eigenvalue weighted by molar-refractivity contribution is 0.410. The van der Waals surface area contributed by atoms with Gasteiger partial charge in [-0.25, -0.2) is 4.98 Å². The first kappa shape index (κ1) is 11.3. The Morgan fingerprint density at radius 3 is 2.76 bits per heavy atom. The summed E-state index contributed by atoms with van der Waals surface area (Å²) in [6.07, 6.45) is 0. The highest BCUT2D eigenvalue weighted by Gasteiger charge is 2.01. The number of hydrogen-bond acceptors (Lipinski definition) is 4. The van der Waals surface area contributed by atoms with Gasteiger partial charge in [0, 0.05) is 12.1 Å². The summed E-state index contributed by atoms with van der Waals surface area (Å²) in [6, 6.07) is 13.4. The number of hydrogen-bond donors (Lipinski definition) is 2. The molecule has 0 aliphatic heterocycles. The highest BCUT2D eigenvalue weighted by molar-refractivity contribution is 5.44. The first-order valence-corrected chi connectivity index (χ1v) is 5.38. The summed E-state index contributed by atoms with van der Waals surface area (Å²) < 4.78 is 5.27. The van der Waals surface area contributed by atoms with Crippen molar-refractivity contribution < 1.29 is 4.74 Å². The van der Waals surface area contributed by atoms with E-state index in [-0.39, 0.29) is 0 Å². The van der Waals surface area contributed by atoms with Crippen LogP contribution in [0.1, 0.15) is 5.56 Å². The van der Waals surface area contributed by atoms with Crippen molar-refractivity contribution in [3.8, 4) is 5.75 Å². The number of rotatable bonds is 4. The lowest BCUT2D eigenvalue weighted by atomic mass is 10.2. The smallest absolute Gasteiger partial charge is 0.128 e. The number of nitrogens with two attached hydrogens (primary N) is 1. The molecule has 1 aromatic heterocycles. The minimum Gasteiger partial charge on any atom is -0.496 e. The van der Waals surface area contributed by atoms with Gasteiger partial charge in [0.05, 0.1) is 7.11 Å². The number of ether oxygens (including phenoxy) is 1. The summed E-state index contributed by atoms with van der Waals surface area (Å²) >= 11 is 0. The number of methoxy groups -OCH3 is 1. The summed E-state index contributed by atoms with van der Waals surface area (Å²) in [5.74, 6) is 2.13. The van der Waals surface area contributed by atoms with Gasteiger partial charge in [-0.1, -0.05) is 24.3 Å². The molecule has 0 aliphatic carbocycles. The fourth-order valence-corrected chi connectivity index (χ4v) is 1.58. The van der Waals surface area contributed by atoms with Crippen LogP contribution in [0, 0.1) is 0 Å². The first-order chi connectivity index (χ1) is 8.29. The lowest BCUT2D eigenvalue weighted by Crippen LogP contribution is -2.03. The van der Waals surface area contributed by atoms with E-state index in [2.05, 4.69) is 10.3 Å². The molecule has 4 heteroatoms. The minimum atomic E-state index is 0.509. The molecule has 0 bridgehead atoms. The maximum Gasteiger partial charge on any atom is 0.128 e. The van der Waals surface area contributed by atoms with Gasteiger partial charge in [0.25, 0.3) is 0 Å². The van der Waals surface area contributed by atoms with Crippen molar-refractivity contribution in [3.05, 3.63) is 48.0 Å². The number of nitrogens with one attached hydrogen (secondary N) is 1. The van der Waals surface area contributed by atoms with Crippen LogP contribution < -0.4 is 15.8 Å². The predicted molar refractivity (Wildman–Crippen MR) is 69.0 cm³/mol. The fraction of sp³-hybridized carbons (Fsp3) is 0.154. The molecule has 0 saturated heterocycles. The molecule has 1 aromatic carbocycles. The van der Waals surface area contributed by atoms with Crippen molar-refractivity contribution in [2.75, 3.05) is 18.2 Å². The molecule has 0 saturated carbocycles. The third-order valence-corrected chi connectivity index (χ3v) is 2.42. The van der Waals surface area contributed by atoms with Crippen LogP contribution in [0.5, 0.6) is 5.75 Å². The van der Waals surface area contributed by atoms with Crippen LogP contribution in [-0.4, -0.2) is 12.1 Å². The van der Waals surface area contributed by atoms with Gasteiger partial charge < -0.3 is 15.8 Å². The minimum absolute atomic E-state index is 0.509. The normalized spacial score (nSPS) is 9.94. The molecule has 1 heterocycles. The molecule has 0 amide bonds. The highest BCUT2D eigenvalue weighted by Crippen LogP contribution is 2.18. The number of nitrogens with zero attached hydrogens (tertiary/aromatic N) is 1. The van der Waals surface area contributed by atoms with Gasteiger partial charge in [0.2, 0.25) is 0 Å². The van der Waals surface area contributed by atoms with Crippen LogP contribution >= 0.6 is 0 Å². The Kier molecular flexibility index (Phi) is 3.45. The van der Waals surface area contributed by atoms with E-state index in [1.165, 1.54) is 0 Å². The van der Waals surface area contributed by atoms with Gasteiger partial charge in [-0.2, -0.15) is 0 Å². The van der Waals surface area contributed by atoms with E-state index in [4.69, 9.17) is 10.5 Å². The van der Waals surface area contributed by atoms with Crippen LogP contribution in [0.25, 0.3) is 0 Å². The maximum absolute atomic E-state index is 5.61. The SMILES string of the molecule is COc1ccccc1CNc1cccc(N)n1. The maximum atomic E-state index is 5.61. The molecule has 0 radical (unpaired) electrons. The van der Waals surface area contributed by atoms with Gasteiger partial charge in [0.15, 0.2) is 0 Å². The summed E-state index contributed by atoms with van der Waals surface area (Å²) in [5, 5.41) is 3.21. The number of pyridine rings is 1.